The Morgan fingerprint density at radius 2 is 2.60 bits per heavy atom. The molecule has 1 atom stereocenters. The van der Waals surface area contributed by atoms with E-state index in [1.165, 1.54) is 10.4 Å². The second kappa shape index (κ2) is 4.45. The van der Waals surface area contributed by atoms with Gasteiger partial charge >= 0.3 is 0 Å². The summed E-state index contributed by atoms with van der Waals surface area (Å²) in [6.45, 7) is 0. The maximum absolute atomic E-state index is 11.3. The van der Waals surface area contributed by atoms with Crippen molar-refractivity contribution in [1.29, 1.82) is 5.26 Å². The molecule has 0 aliphatic heterocycles. The van der Waals surface area contributed by atoms with Gasteiger partial charge in [0.25, 0.3) is 0 Å². The monoisotopic (exact) mass is 220 g/mol. The lowest BCUT2D eigenvalue weighted by molar-refractivity contribution is -0.120. The van der Waals surface area contributed by atoms with Crippen molar-refractivity contribution in [3.8, 4) is 6.07 Å². The Bertz CT molecular complexity index is 405. The highest BCUT2D eigenvalue weighted by Crippen LogP contribution is 2.33. The molecule has 0 aromatic carbocycles. The number of thiophene rings is 1. The van der Waals surface area contributed by atoms with Crippen LogP contribution in [0, 0.1) is 11.3 Å². The standard InChI is InChI=1S/C11H12N2OS/c12-6-4-11(14)13-9-2-1-3-10-8(9)5-7-15-10/h5,7,9H,1-4H2,(H,13,14). The van der Waals surface area contributed by atoms with Crippen molar-refractivity contribution < 1.29 is 4.79 Å². The van der Waals surface area contributed by atoms with Crippen LogP contribution < -0.4 is 5.32 Å². The second-order valence-electron chi connectivity index (χ2n) is 3.65. The third-order valence-electron chi connectivity index (χ3n) is 2.63. The number of nitrogens with one attached hydrogen (secondary N) is 1. The number of hydrogen-bond donors (Lipinski definition) is 1. The molecule has 0 radical (unpaired) electrons. The molecule has 1 amide bonds. The molecule has 4 heteroatoms. The van der Waals surface area contributed by atoms with Crippen molar-refractivity contribution in [1.82, 2.24) is 5.32 Å². The minimum absolute atomic E-state index is 0.0457. The molecule has 1 N–H and O–H groups in total. The van der Waals surface area contributed by atoms with E-state index < -0.39 is 0 Å². The molecule has 1 aliphatic carbocycles. The Balaban J connectivity index is 2.07. The van der Waals surface area contributed by atoms with Crippen LogP contribution in [0.1, 0.15) is 35.7 Å². The molecule has 0 bridgehead atoms. The van der Waals surface area contributed by atoms with Crippen molar-refractivity contribution in [2.45, 2.75) is 31.7 Å². The predicted molar refractivity (Wildman–Crippen MR) is 58.4 cm³/mol. The molecule has 0 saturated heterocycles. The average molecular weight is 220 g/mol. The van der Waals surface area contributed by atoms with Gasteiger partial charge in [0.2, 0.25) is 5.91 Å². The number of nitrogens with zero attached hydrogens (tertiary/aromatic N) is 1. The van der Waals surface area contributed by atoms with Crippen LogP contribution in [0.15, 0.2) is 11.4 Å². The molecular weight excluding hydrogens is 208 g/mol. The highest BCUT2D eigenvalue weighted by atomic mass is 32.1. The predicted octanol–water partition coefficient (Wildman–Crippen LogP) is 2.16. The Morgan fingerprint density at radius 3 is 3.40 bits per heavy atom. The first kappa shape index (κ1) is 10.2. The fraction of sp³-hybridized carbons (Fsp3) is 0.455. The van der Waals surface area contributed by atoms with Gasteiger partial charge in [0.1, 0.15) is 6.42 Å². The molecular formula is C11H12N2OS. The van der Waals surface area contributed by atoms with Gasteiger partial charge in [-0.25, -0.2) is 0 Å². The van der Waals surface area contributed by atoms with E-state index >= 15 is 0 Å². The van der Waals surface area contributed by atoms with Crippen molar-refractivity contribution in [2.24, 2.45) is 0 Å². The molecule has 1 aromatic heterocycles. The molecule has 1 unspecified atom stereocenters. The molecule has 1 aliphatic rings. The lowest BCUT2D eigenvalue weighted by atomic mass is 9.94. The Kier molecular flexibility index (Phi) is 3.02. The first-order chi connectivity index (χ1) is 7.31. The molecule has 1 heterocycles. The van der Waals surface area contributed by atoms with Crippen LogP contribution in [0.5, 0.6) is 0 Å². The summed E-state index contributed by atoms with van der Waals surface area (Å²) in [4.78, 5) is 12.7. The van der Waals surface area contributed by atoms with E-state index in [1.807, 2.05) is 6.07 Å². The largest absolute Gasteiger partial charge is 0.348 e. The number of nitriles is 1. The van der Waals surface area contributed by atoms with Crippen LogP contribution in [0.4, 0.5) is 0 Å². The quantitative estimate of drug-likeness (QED) is 0.830. The fourth-order valence-corrected chi connectivity index (χ4v) is 2.94. The topological polar surface area (TPSA) is 52.9 Å². The normalized spacial score (nSPS) is 19.0. The van der Waals surface area contributed by atoms with E-state index in [9.17, 15) is 4.79 Å². The van der Waals surface area contributed by atoms with Gasteiger partial charge in [0, 0.05) is 4.88 Å². The van der Waals surface area contributed by atoms with Crippen molar-refractivity contribution in [2.75, 3.05) is 0 Å². The molecule has 2 rings (SSSR count). The first-order valence-corrected chi connectivity index (χ1v) is 5.92. The Hall–Kier alpha value is -1.34. The van der Waals surface area contributed by atoms with Gasteiger partial charge in [-0.3, -0.25) is 4.79 Å². The number of rotatable bonds is 2. The van der Waals surface area contributed by atoms with E-state index in [0.29, 0.717) is 0 Å². The van der Waals surface area contributed by atoms with Gasteiger partial charge in [-0.05, 0) is 36.3 Å². The summed E-state index contributed by atoms with van der Waals surface area (Å²) in [5.74, 6) is -0.165. The number of aryl methyl sites for hydroxylation is 1. The summed E-state index contributed by atoms with van der Waals surface area (Å²) in [5, 5.41) is 13.4. The summed E-state index contributed by atoms with van der Waals surface area (Å²) in [6, 6.07) is 4.07. The minimum Gasteiger partial charge on any atom is -0.348 e. The summed E-state index contributed by atoms with van der Waals surface area (Å²) < 4.78 is 0. The third-order valence-corrected chi connectivity index (χ3v) is 3.62. The van der Waals surface area contributed by atoms with Gasteiger partial charge in [0.05, 0.1) is 12.1 Å². The summed E-state index contributed by atoms with van der Waals surface area (Å²) in [6.07, 6.45) is 3.18. The Labute approximate surface area is 92.7 Å². The molecule has 0 fully saturated rings. The zero-order valence-corrected chi connectivity index (χ0v) is 9.14. The lowest BCUT2D eigenvalue weighted by Crippen LogP contribution is -2.29. The molecule has 78 valence electrons. The molecule has 15 heavy (non-hydrogen) atoms. The average Bonchev–Trinajstić information content (AvgIpc) is 2.67. The maximum Gasteiger partial charge on any atom is 0.234 e. The number of amides is 1. The zero-order chi connectivity index (χ0) is 10.7. The van der Waals surface area contributed by atoms with Crippen molar-refractivity contribution in [3.05, 3.63) is 21.9 Å². The highest BCUT2D eigenvalue weighted by molar-refractivity contribution is 7.10. The third kappa shape index (κ3) is 2.18. The van der Waals surface area contributed by atoms with E-state index in [2.05, 4.69) is 16.8 Å². The van der Waals surface area contributed by atoms with Crippen LogP contribution in [-0.4, -0.2) is 5.91 Å². The Morgan fingerprint density at radius 1 is 1.73 bits per heavy atom. The van der Waals surface area contributed by atoms with Crippen LogP contribution >= 0.6 is 11.3 Å². The fourth-order valence-electron chi connectivity index (χ4n) is 1.95. The number of carbonyl (C=O) groups excluding carboxylic acids is 1. The van der Waals surface area contributed by atoms with Gasteiger partial charge in [-0.15, -0.1) is 11.3 Å². The smallest absolute Gasteiger partial charge is 0.234 e. The van der Waals surface area contributed by atoms with E-state index in [0.717, 1.165) is 19.3 Å². The molecule has 1 aromatic rings. The minimum atomic E-state index is -0.165. The first-order valence-electron chi connectivity index (χ1n) is 5.04. The van der Waals surface area contributed by atoms with Crippen LogP contribution in [0.25, 0.3) is 0 Å². The van der Waals surface area contributed by atoms with Gasteiger partial charge in [0.15, 0.2) is 0 Å². The maximum atomic E-state index is 11.3. The summed E-state index contributed by atoms with van der Waals surface area (Å²) in [5.41, 5.74) is 1.25. The highest BCUT2D eigenvalue weighted by Gasteiger charge is 2.22. The van der Waals surface area contributed by atoms with Crippen LogP contribution in [-0.2, 0) is 11.2 Å². The van der Waals surface area contributed by atoms with Gasteiger partial charge < -0.3 is 5.32 Å². The van der Waals surface area contributed by atoms with Crippen molar-refractivity contribution in [3.63, 3.8) is 0 Å². The summed E-state index contributed by atoms with van der Waals surface area (Å²) in [7, 11) is 0. The second-order valence-corrected chi connectivity index (χ2v) is 4.65. The molecule has 3 nitrogen and oxygen atoms in total. The SMILES string of the molecule is N#CCC(=O)NC1CCCc2sccc21. The van der Waals surface area contributed by atoms with Crippen LogP contribution in [0.2, 0.25) is 0 Å². The molecule has 0 spiro atoms. The van der Waals surface area contributed by atoms with E-state index in [-0.39, 0.29) is 18.4 Å². The number of hydrogen-bond acceptors (Lipinski definition) is 3. The zero-order valence-electron chi connectivity index (χ0n) is 8.32. The van der Waals surface area contributed by atoms with Crippen LogP contribution in [0.3, 0.4) is 0 Å². The van der Waals surface area contributed by atoms with Gasteiger partial charge in [-0.1, -0.05) is 0 Å². The lowest BCUT2D eigenvalue weighted by Gasteiger charge is -2.23. The number of fused-ring (bicyclic) bond motifs is 1. The summed E-state index contributed by atoms with van der Waals surface area (Å²) >= 11 is 1.75. The molecule has 0 saturated carbocycles. The van der Waals surface area contributed by atoms with Crippen molar-refractivity contribution >= 4 is 17.2 Å². The van der Waals surface area contributed by atoms with E-state index in [4.69, 9.17) is 5.26 Å². The van der Waals surface area contributed by atoms with Gasteiger partial charge in [-0.2, -0.15) is 5.26 Å². The van der Waals surface area contributed by atoms with E-state index in [1.54, 1.807) is 11.3 Å². The number of carbonyl (C=O) groups is 1.